The molecule has 0 radical (unpaired) electrons. The van der Waals surface area contributed by atoms with Gasteiger partial charge in [0.25, 0.3) is 0 Å². The van der Waals surface area contributed by atoms with Crippen molar-refractivity contribution in [3.05, 3.63) is 46.8 Å². The van der Waals surface area contributed by atoms with Gasteiger partial charge in [0.2, 0.25) is 5.91 Å². The molecule has 2 rings (SSSR count). The summed E-state index contributed by atoms with van der Waals surface area (Å²) in [6, 6.07) is 6.94. The number of Topliss-reactive ketones (excluding diaryl/α,β-unsaturated/α-hetero) is 1. The molecule has 0 spiro atoms. The summed E-state index contributed by atoms with van der Waals surface area (Å²) < 4.78 is 5.02. The lowest BCUT2D eigenvalue weighted by atomic mass is 10.1. The number of ketones is 1. The molecule has 5 nitrogen and oxygen atoms in total. The summed E-state index contributed by atoms with van der Waals surface area (Å²) in [6.45, 7) is 5.04. The molecule has 5 heteroatoms. The maximum atomic E-state index is 12.1. The van der Waals surface area contributed by atoms with E-state index >= 15 is 0 Å². The number of rotatable bonds is 4. The first-order valence-electron chi connectivity index (χ1n) is 6.30. The maximum Gasteiger partial charge on any atom is 0.229 e. The van der Waals surface area contributed by atoms with Crippen LogP contribution in [0.25, 0.3) is 0 Å². The Bertz CT molecular complexity index is 639. The monoisotopic (exact) mass is 272 g/mol. The summed E-state index contributed by atoms with van der Waals surface area (Å²) in [5, 5.41) is 6.57. The first-order chi connectivity index (χ1) is 9.49. The van der Waals surface area contributed by atoms with Gasteiger partial charge in [-0.05, 0) is 32.9 Å². The number of nitrogens with one attached hydrogen (secondary N) is 1. The van der Waals surface area contributed by atoms with Gasteiger partial charge in [-0.1, -0.05) is 17.3 Å². The van der Waals surface area contributed by atoms with Crippen molar-refractivity contribution in [1.82, 2.24) is 5.16 Å². The van der Waals surface area contributed by atoms with Crippen LogP contribution in [-0.2, 0) is 11.2 Å². The zero-order chi connectivity index (χ0) is 14.7. The van der Waals surface area contributed by atoms with E-state index in [9.17, 15) is 9.59 Å². The second kappa shape index (κ2) is 5.69. The SMILES string of the molecule is CC(=O)c1ccccc1NC(=O)Cc1c(C)noc1C. The Balaban J connectivity index is 2.15. The van der Waals surface area contributed by atoms with E-state index in [2.05, 4.69) is 10.5 Å². The van der Waals surface area contributed by atoms with Crippen molar-refractivity contribution in [2.24, 2.45) is 0 Å². The second-order valence-electron chi connectivity index (χ2n) is 4.63. The van der Waals surface area contributed by atoms with E-state index < -0.39 is 0 Å². The smallest absolute Gasteiger partial charge is 0.229 e. The van der Waals surface area contributed by atoms with E-state index in [0.29, 0.717) is 22.7 Å². The molecule has 1 heterocycles. The minimum atomic E-state index is -0.201. The number of amides is 1. The normalized spacial score (nSPS) is 10.3. The fourth-order valence-corrected chi connectivity index (χ4v) is 2.01. The van der Waals surface area contributed by atoms with E-state index in [1.54, 1.807) is 38.1 Å². The van der Waals surface area contributed by atoms with Gasteiger partial charge < -0.3 is 9.84 Å². The molecule has 1 aromatic heterocycles. The van der Waals surface area contributed by atoms with Crippen LogP contribution in [0.5, 0.6) is 0 Å². The highest BCUT2D eigenvalue weighted by Crippen LogP contribution is 2.17. The summed E-state index contributed by atoms with van der Waals surface area (Å²) in [5.74, 6) is 0.351. The van der Waals surface area contributed by atoms with Crippen LogP contribution in [0.2, 0.25) is 0 Å². The Morgan fingerprint density at radius 3 is 2.55 bits per heavy atom. The van der Waals surface area contributed by atoms with Crippen LogP contribution in [0.4, 0.5) is 5.69 Å². The molecule has 0 aliphatic rings. The Labute approximate surface area is 117 Å². The first-order valence-corrected chi connectivity index (χ1v) is 6.30. The molecule has 20 heavy (non-hydrogen) atoms. The number of aromatic nitrogens is 1. The summed E-state index contributed by atoms with van der Waals surface area (Å²) in [6.07, 6.45) is 0.174. The number of hydrogen-bond donors (Lipinski definition) is 1. The third-order valence-corrected chi connectivity index (χ3v) is 3.10. The molecule has 0 unspecified atom stereocenters. The Hall–Kier alpha value is -2.43. The largest absolute Gasteiger partial charge is 0.361 e. The lowest BCUT2D eigenvalue weighted by molar-refractivity contribution is -0.115. The number of hydrogen-bond acceptors (Lipinski definition) is 4. The molecular formula is C15H16N2O3. The fraction of sp³-hybridized carbons (Fsp3) is 0.267. The van der Waals surface area contributed by atoms with Crippen molar-refractivity contribution in [2.75, 3.05) is 5.32 Å². The number of carbonyl (C=O) groups is 2. The quantitative estimate of drug-likeness (QED) is 0.868. The summed E-state index contributed by atoms with van der Waals surface area (Å²) in [4.78, 5) is 23.6. The highest BCUT2D eigenvalue weighted by Gasteiger charge is 2.15. The number of para-hydroxylation sites is 1. The Morgan fingerprint density at radius 1 is 1.25 bits per heavy atom. The van der Waals surface area contributed by atoms with Crippen molar-refractivity contribution in [3.8, 4) is 0 Å². The van der Waals surface area contributed by atoms with Gasteiger partial charge in [-0.25, -0.2) is 0 Å². The Kier molecular flexibility index (Phi) is 3.98. The van der Waals surface area contributed by atoms with E-state index in [1.807, 2.05) is 0 Å². The summed E-state index contributed by atoms with van der Waals surface area (Å²) in [5.41, 5.74) is 2.51. The number of aryl methyl sites for hydroxylation is 2. The number of benzene rings is 1. The predicted octanol–water partition coefficient (Wildman–Crippen LogP) is 2.68. The molecule has 0 bridgehead atoms. The van der Waals surface area contributed by atoms with Gasteiger partial charge in [0.1, 0.15) is 5.76 Å². The van der Waals surface area contributed by atoms with E-state index in [1.165, 1.54) is 6.92 Å². The maximum absolute atomic E-state index is 12.1. The van der Waals surface area contributed by atoms with E-state index in [-0.39, 0.29) is 18.1 Å². The summed E-state index contributed by atoms with van der Waals surface area (Å²) >= 11 is 0. The zero-order valence-corrected chi connectivity index (χ0v) is 11.7. The summed E-state index contributed by atoms with van der Waals surface area (Å²) in [7, 11) is 0. The predicted molar refractivity (Wildman–Crippen MR) is 74.8 cm³/mol. The highest BCUT2D eigenvalue weighted by molar-refractivity contribution is 6.04. The molecule has 0 aliphatic carbocycles. The molecule has 2 aromatic rings. The van der Waals surface area contributed by atoms with Crippen molar-refractivity contribution in [2.45, 2.75) is 27.2 Å². The molecule has 0 fully saturated rings. The van der Waals surface area contributed by atoms with Gasteiger partial charge in [0.05, 0.1) is 17.8 Å². The topological polar surface area (TPSA) is 72.2 Å². The molecule has 1 aromatic carbocycles. The average Bonchev–Trinajstić information content (AvgIpc) is 2.71. The average molecular weight is 272 g/mol. The number of nitrogens with zero attached hydrogens (tertiary/aromatic N) is 1. The highest BCUT2D eigenvalue weighted by atomic mass is 16.5. The van der Waals surface area contributed by atoms with Crippen LogP contribution in [0.1, 0.15) is 34.3 Å². The van der Waals surface area contributed by atoms with Crippen LogP contribution in [0.15, 0.2) is 28.8 Å². The molecule has 1 N–H and O–H groups in total. The van der Waals surface area contributed by atoms with Crippen LogP contribution in [0.3, 0.4) is 0 Å². The molecule has 0 saturated carbocycles. The van der Waals surface area contributed by atoms with Gasteiger partial charge in [0.15, 0.2) is 5.78 Å². The third kappa shape index (κ3) is 2.93. The first kappa shape index (κ1) is 14.0. The molecule has 1 amide bonds. The fourth-order valence-electron chi connectivity index (χ4n) is 2.01. The number of carbonyl (C=O) groups excluding carboxylic acids is 2. The van der Waals surface area contributed by atoms with Crippen LogP contribution in [-0.4, -0.2) is 16.8 Å². The second-order valence-corrected chi connectivity index (χ2v) is 4.63. The van der Waals surface area contributed by atoms with Crippen LogP contribution in [0, 0.1) is 13.8 Å². The van der Waals surface area contributed by atoms with Crippen LogP contribution < -0.4 is 5.32 Å². The molecular weight excluding hydrogens is 256 g/mol. The van der Waals surface area contributed by atoms with E-state index in [4.69, 9.17) is 4.52 Å². The minimum Gasteiger partial charge on any atom is -0.361 e. The lowest BCUT2D eigenvalue weighted by Gasteiger charge is -2.08. The minimum absolute atomic E-state index is 0.0850. The third-order valence-electron chi connectivity index (χ3n) is 3.10. The zero-order valence-electron chi connectivity index (χ0n) is 11.7. The molecule has 0 atom stereocenters. The molecule has 0 aliphatic heterocycles. The van der Waals surface area contributed by atoms with Gasteiger partial charge in [0, 0.05) is 11.1 Å². The van der Waals surface area contributed by atoms with Crippen molar-refractivity contribution in [3.63, 3.8) is 0 Å². The lowest BCUT2D eigenvalue weighted by Crippen LogP contribution is -2.17. The van der Waals surface area contributed by atoms with E-state index in [0.717, 1.165) is 5.56 Å². The number of anilines is 1. The van der Waals surface area contributed by atoms with Gasteiger partial charge in [-0.2, -0.15) is 0 Å². The van der Waals surface area contributed by atoms with Gasteiger partial charge in [-0.3, -0.25) is 9.59 Å². The molecule has 104 valence electrons. The van der Waals surface area contributed by atoms with Gasteiger partial charge >= 0.3 is 0 Å². The van der Waals surface area contributed by atoms with Crippen molar-refractivity contribution >= 4 is 17.4 Å². The molecule has 0 saturated heterocycles. The van der Waals surface area contributed by atoms with Crippen molar-refractivity contribution < 1.29 is 14.1 Å². The Morgan fingerprint density at radius 2 is 1.95 bits per heavy atom. The van der Waals surface area contributed by atoms with Crippen molar-refractivity contribution in [1.29, 1.82) is 0 Å². The van der Waals surface area contributed by atoms with Crippen LogP contribution >= 0.6 is 0 Å². The van der Waals surface area contributed by atoms with Gasteiger partial charge in [-0.15, -0.1) is 0 Å². The standard InChI is InChI=1S/C15H16N2O3/c1-9-13(11(3)20-17-9)8-15(19)16-14-7-5-4-6-12(14)10(2)18/h4-7H,8H2,1-3H3,(H,16,19).